The number of nitrogens with one attached hydrogen (secondary N) is 2. The molecule has 0 unspecified atom stereocenters. The van der Waals surface area contributed by atoms with Gasteiger partial charge in [0, 0.05) is 22.5 Å². The van der Waals surface area contributed by atoms with Crippen molar-refractivity contribution in [2.75, 3.05) is 10.6 Å². The number of carbonyl (C=O) groups excluding carboxylic acids is 2. The third-order valence-electron chi connectivity index (χ3n) is 3.90. The molecule has 7 nitrogen and oxygen atoms in total. The fourth-order valence-electron chi connectivity index (χ4n) is 2.44. The van der Waals surface area contributed by atoms with Crippen LogP contribution in [0.15, 0.2) is 78.9 Å². The normalized spacial score (nSPS) is 10.9. The lowest BCUT2D eigenvalue weighted by Gasteiger charge is -2.08. The van der Waals surface area contributed by atoms with Crippen LogP contribution in [0.3, 0.4) is 0 Å². The van der Waals surface area contributed by atoms with Gasteiger partial charge in [0.2, 0.25) is 0 Å². The zero-order valence-corrected chi connectivity index (χ0v) is 15.5. The van der Waals surface area contributed by atoms with Crippen molar-refractivity contribution in [2.24, 2.45) is 0 Å². The lowest BCUT2D eigenvalue weighted by molar-refractivity contribution is 0.102. The average Bonchev–Trinajstić information content (AvgIpc) is 2.68. The van der Waals surface area contributed by atoms with Crippen LogP contribution in [-0.4, -0.2) is 21.6 Å². The van der Waals surface area contributed by atoms with Gasteiger partial charge in [0.1, 0.15) is 0 Å². The molecule has 3 aromatic rings. The van der Waals surface area contributed by atoms with Crippen molar-refractivity contribution in [3.05, 3.63) is 90.0 Å². The molecule has 0 spiro atoms. The highest BCUT2D eigenvalue weighted by Gasteiger charge is 2.17. The third kappa shape index (κ3) is 4.92. The van der Waals surface area contributed by atoms with Crippen LogP contribution >= 0.6 is 7.60 Å². The molecule has 4 N–H and O–H groups in total. The maximum Gasteiger partial charge on any atom is 0.356 e. The number of carbonyl (C=O) groups is 2. The summed E-state index contributed by atoms with van der Waals surface area (Å²) in [6.45, 7) is 0. The van der Waals surface area contributed by atoms with Crippen LogP contribution in [-0.2, 0) is 4.57 Å². The highest BCUT2D eigenvalue weighted by Crippen LogP contribution is 2.32. The van der Waals surface area contributed by atoms with Gasteiger partial charge in [-0.05, 0) is 60.7 Å². The van der Waals surface area contributed by atoms with Crippen molar-refractivity contribution in [1.82, 2.24) is 0 Å². The summed E-state index contributed by atoms with van der Waals surface area (Å²) in [5, 5.41) is 5.28. The summed E-state index contributed by atoms with van der Waals surface area (Å²) in [6.07, 6.45) is 0. The molecule has 0 bridgehead atoms. The van der Waals surface area contributed by atoms with E-state index in [1.807, 2.05) is 18.2 Å². The first-order chi connectivity index (χ1) is 13.3. The number of rotatable bonds is 5. The van der Waals surface area contributed by atoms with Crippen LogP contribution in [0.2, 0.25) is 0 Å². The highest BCUT2D eigenvalue weighted by atomic mass is 31.2. The smallest absolute Gasteiger partial charge is 0.322 e. The lowest BCUT2D eigenvalue weighted by atomic mass is 10.1. The molecule has 2 amide bonds. The number of hydrogen-bond acceptors (Lipinski definition) is 3. The van der Waals surface area contributed by atoms with Crippen LogP contribution in [0.1, 0.15) is 20.7 Å². The van der Waals surface area contributed by atoms with E-state index in [0.717, 1.165) is 0 Å². The van der Waals surface area contributed by atoms with E-state index in [0.29, 0.717) is 16.9 Å². The molecule has 28 heavy (non-hydrogen) atoms. The van der Waals surface area contributed by atoms with Crippen molar-refractivity contribution in [1.29, 1.82) is 0 Å². The monoisotopic (exact) mass is 396 g/mol. The van der Waals surface area contributed by atoms with E-state index >= 15 is 0 Å². The van der Waals surface area contributed by atoms with Gasteiger partial charge in [-0.25, -0.2) is 0 Å². The molecule has 0 aliphatic heterocycles. The topological polar surface area (TPSA) is 116 Å². The average molecular weight is 396 g/mol. The molecule has 142 valence electrons. The Morgan fingerprint density at radius 2 is 1.07 bits per heavy atom. The molecule has 8 heteroatoms. The van der Waals surface area contributed by atoms with Crippen LogP contribution in [0.4, 0.5) is 11.4 Å². The van der Waals surface area contributed by atoms with Gasteiger partial charge in [0.25, 0.3) is 11.8 Å². The van der Waals surface area contributed by atoms with E-state index in [-0.39, 0.29) is 16.8 Å². The predicted octanol–water partition coefficient (Wildman–Crippen LogP) is 2.99. The van der Waals surface area contributed by atoms with Gasteiger partial charge in [0.15, 0.2) is 0 Å². The highest BCUT2D eigenvalue weighted by molar-refractivity contribution is 7.60. The van der Waals surface area contributed by atoms with Crippen molar-refractivity contribution in [3.8, 4) is 0 Å². The first kappa shape index (κ1) is 19.5. The van der Waals surface area contributed by atoms with Gasteiger partial charge < -0.3 is 20.4 Å². The minimum Gasteiger partial charge on any atom is -0.322 e. The second-order valence-electron chi connectivity index (χ2n) is 5.94. The summed E-state index contributed by atoms with van der Waals surface area (Å²) in [7, 11) is -4.34. The first-order valence-corrected chi connectivity index (χ1v) is 9.88. The van der Waals surface area contributed by atoms with E-state index in [4.69, 9.17) is 9.79 Å². The van der Waals surface area contributed by atoms with Gasteiger partial charge in [-0.1, -0.05) is 18.2 Å². The Hall–Kier alpha value is -3.25. The summed E-state index contributed by atoms with van der Waals surface area (Å²) >= 11 is 0. The lowest BCUT2D eigenvalue weighted by Crippen LogP contribution is -2.14. The van der Waals surface area contributed by atoms with E-state index in [1.54, 1.807) is 36.4 Å². The number of amides is 2. The molecule has 0 fully saturated rings. The summed E-state index contributed by atoms with van der Waals surface area (Å²) in [5.74, 6) is -0.698. The van der Waals surface area contributed by atoms with Crippen LogP contribution in [0.25, 0.3) is 0 Å². The second kappa shape index (κ2) is 8.19. The molecule has 0 radical (unpaired) electrons. The molecule has 3 rings (SSSR count). The molecular formula is C20H17N2O5P. The minimum absolute atomic E-state index is 0.155. The Kier molecular flexibility index (Phi) is 5.70. The number of benzene rings is 3. The predicted molar refractivity (Wildman–Crippen MR) is 107 cm³/mol. The molecule has 0 saturated heterocycles. The first-order valence-electron chi connectivity index (χ1n) is 8.27. The van der Waals surface area contributed by atoms with Gasteiger partial charge in [0.05, 0.1) is 5.30 Å². The molecular weight excluding hydrogens is 379 g/mol. The molecule has 0 atom stereocenters. The van der Waals surface area contributed by atoms with E-state index in [1.165, 1.54) is 24.3 Å². The Morgan fingerprint density at radius 3 is 1.54 bits per heavy atom. The van der Waals surface area contributed by atoms with Gasteiger partial charge in [-0.3, -0.25) is 14.2 Å². The molecule has 0 aliphatic carbocycles. The molecule has 0 saturated carbocycles. The standard InChI is InChI=1S/C20H17N2O5P/c23-19(21-16-4-2-1-3-5-16)14-6-10-17(11-7-14)22-20(24)15-8-12-18(13-9-15)28(25,26)27/h1-13H,(H,21,23)(H,22,24)(H2,25,26,27). The minimum atomic E-state index is -4.34. The van der Waals surface area contributed by atoms with Gasteiger partial charge in [-0.15, -0.1) is 0 Å². The quantitative estimate of drug-likeness (QED) is 0.495. The maximum absolute atomic E-state index is 12.3. The molecule has 3 aromatic carbocycles. The zero-order chi connectivity index (χ0) is 20.1. The van der Waals surface area contributed by atoms with Crippen LogP contribution in [0, 0.1) is 0 Å². The van der Waals surface area contributed by atoms with Gasteiger partial charge >= 0.3 is 7.60 Å². The van der Waals surface area contributed by atoms with Crippen LogP contribution < -0.4 is 15.9 Å². The maximum atomic E-state index is 12.3. The van der Waals surface area contributed by atoms with Crippen molar-refractivity contribution < 1.29 is 23.9 Å². The van der Waals surface area contributed by atoms with Crippen LogP contribution in [0.5, 0.6) is 0 Å². The summed E-state index contributed by atoms with van der Waals surface area (Å²) < 4.78 is 11.2. The summed E-state index contributed by atoms with van der Waals surface area (Å²) in [6, 6.07) is 20.5. The summed E-state index contributed by atoms with van der Waals surface area (Å²) in [4.78, 5) is 42.7. The fourth-order valence-corrected chi connectivity index (χ4v) is 2.98. The summed E-state index contributed by atoms with van der Waals surface area (Å²) in [5.41, 5.74) is 1.86. The van der Waals surface area contributed by atoms with E-state index < -0.39 is 13.5 Å². The molecule has 0 aliphatic rings. The van der Waals surface area contributed by atoms with Crippen molar-refractivity contribution in [2.45, 2.75) is 0 Å². The zero-order valence-electron chi connectivity index (χ0n) is 14.6. The third-order valence-corrected chi connectivity index (χ3v) is 4.87. The Morgan fingerprint density at radius 1 is 0.643 bits per heavy atom. The number of para-hydroxylation sites is 1. The Labute approximate surface area is 161 Å². The van der Waals surface area contributed by atoms with Gasteiger partial charge in [-0.2, -0.15) is 0 Å². The fraction of sp³-hybridized carbons (Fsp3) is 0. The Bertz CT molecular complexity index is 1030. The molecule has 0 heterocycles. The Balaban J connectivity index is 1.64. The largest absolute Gasteiger partial charge is 0.356 e. The molecule has 0 aromatic heterocycles. The number of anilines is 2. The SMILES string of the molecule is O=C(Nc1ccccc1)c1ccc(NC(=O)c2ccc(P(=O)(O)O)cc2)cc1. The van der Waals surface area contributed by atoms with Crippen molar-refractivity contribution in [3.63, 3.8) is 0 Å². The van der Waals surface area contributed by atoms with Crippen molar-refractivity contribution >= 4 is 36.1 Å². The number of hydrogen-bond donors (Lipinski definition) is 4. The van der Waals surface area contributed by atoms with E-state index in [9.17, 15) is 14.2 Å². The van der Waals surface area contributed by atoms with E-state index in [2.05, 4.69) is 10.6 Å². The second-order valence-corrected chi connectivity index (χ2v) is 7.55.